The lowest BCUT2D eigenvalue weighted by Gasteiger charge is -2.17. The Morgan fingerprint density at radius 1 is 1.37 bits per heavy atom. The van der Waals surface area contributed by atoms with Crippen molar-refractivity contribution < 1.29 is 21.9 Å². The van der Waals surface area contributed by atoms with Crippen LogP contribution in [0.4, 0.5) is 8.78 Å². The Morgan fingerprint density at radius 3 is 2.58 bits per heavy atom. The Morgan fingerprint density at radius 2 is 2.05 bits per heavy atom. The summed E-state index contributed by atoms with van der Waals surface area (Å²) in [5.41, 5.74) is 5.36. The molecule has 0 saturated carbocycles. The van der Waals surface area contributed by atoms with Crippen molar-refractivity contribution in [3.05, 3.63) is 29.8 Å². The van der Waals surface area contributed by atoms with E-state index < -0.39 is 27.7 Å². The Bertz CT molecular complexity index is 517. The number of nitrogens with one attached hydrogen (secondary N) is 1. The highest BCUT2D eigenvalue weighted by atomic mass is 32.2. The molecule has 19 heavy (non-hydrogen) atoms. The van der Waals surface area contributed by atoms with Gasteiger partial charge < -0.3 is 10.5 Å². The van der Waals surface area contributed by atoms with E-state index in [1.54, 1.807) is 0 Å². The molecule has 0 aliphatic rings. The van der Waals surface area contributed by atoms with Crippen LogP contribution in [0.2, 0.25) is 0 Å². The maximum atomic E-state index is 13.0. The van der Waals surface area contributed by atoms with Crippen LogP contribution in [0.5, 0.6) is 0 Å². The van der Waals surface area contributed by atoms with Gasteiger partial charge in [0.2, 0.25) is 10.0 Å². The molecule has 1 rings (SSSR count). The van der Waals surface area contributed by atoms with E-state index in [1.165, 1.54) is 7.11 Å². The number of hydrogen-bond acceptors (Lipinski definition) is 4. The molecule has 0 aliphatic carbocycles. The third kappa shape index (κ3) is 4.50. The SMILES string of the molecule is COCC(CCN)NS(=O)(=O)c1ccc(F)c(F)c1. The van der Waals surface area contributed by atoms with Crippen molar-refractivity contribution in [3.8, 4) is 0 Å². The fourth-order valence-corrected chi connectivity index (χ4v) is 2.78. The third-order valence-corrected chi connectivity index (χ3v) is 3.92. The molecule has 0 saturated heterocycles. The first-order chi connectivity index (χ1) is 8.90. The van der Waals surface area contributed by atoms with Crippen LogP contribution < -0.4 is 10.5 Å². The second kappa shape index (κ2) is 6.90. The lowest BCUT2D eigenvalue weighted by Crippen LogP contribution is -2.39. The molecule has 0 fully saturated rings. The van der Waals surface area contributed by atoms with Crippen LogP contribution in [0.15, 0.2) is 23.1 Å². The van der Waals surface area contributed by atoms with E-state index in [9.17, 15) is 17.2 Å². The summed E-state index contributed by atoms with van der Waals surface area (Å²) in [6.07, 6.45) is 0.372. The number of benzene rings is 1. The third-order valence-electron chi connectivity index (χ3n) is 2.41. The van der Waals surface area contributed by atoms with Gasteiger partial charge in [-0.05, 0) is 31.2 Å². The maximum Gasteiger partial charge on any atom is 0.241 e. The Hall–Kier alpha value is -1.09. The lowest BCUT2D eigenvalue weighted by molar-refractivity contribution is 0.172. The summed E-state index contributed by atoms with van der Waals surface area (Å²) in [5.74, 6) is -2.32. The van der Waals surface area contributed by atoms with Gasteiger partial charge in [-0.25, -0.2) is 21.9 Å². The van der Waals surface area contributed by atoms with Crippen LogP contribution in [0.1, 0.15) is 6.42 Å². The van der Waals surface area contributed by atoms with Gasteiger partial charge in [0.05, 0.1) is 11.5 Å². The van der Waals surface area contributed by atoms with Crippen molar-refractivity contribution in [2.45, 2.75) is 17.4 Å². The van der Waals surface area contributed by atoms with Gasteiger partial charge in [-0.2, -0.15) is 0 Å². The first-order valence-electron chi connectivity index (χ1n) is 5.57. The van der Waals surface area contributed by atoms with E-state index in [0.29, 0.717) is 12.5 Å². The molecule has 5 nitrogen and oxygen atoms in total. The number of halogens is 2. The summed E-state index contributed by atoms with van der Waals surface area (Å²) in [4.78, 5) is -0.343. The highest BCUT2D eigenvalue weighted by Crippen LogP contribution is 2.14. The van der Waals surface area contributed by atoms with Gasteiger partial charge in [-0.3, -0.25) is 0 Å². The van der Waals surface area contributed by atoms with Crippen LogP contribution in [-0.4, -0.2) is 34.7 Å². The number of hydrogen-bond donors (Lipinski definition) is 2. The second-order valence-corrected chi connectivity index (χ2v) is 5.64. The topological polar surface area (TPSA) is 81.4 Å². The Kier molecular flexibility index (Phi) is 5.80. The minimum Gasteiger partial charge on any atom is -0.383 e. The predicted molar refractivity (Wildman–Crippen MR) is 66.0 cm³/mol. The van der Waals surface area contributed by atoms with Crippen molar-refractivity contribution in [3.63, 3.8) is 0 Å². The van der Waals surface area contributed by atoms with Crippen LogP contribution in [0.3, 0.4) is 0 Å². The number of ether oxygens (including phenoxy) is 1. The van der Waals surface area contributed by atoms with E-state index in [-0.39, 0.29) is 18.0 Å². The molecule has 0 radical (unpaired) electrons. The van der Waals surface area contributed by atoms with E-state index >= 15 is 0 Å². The first kappa shape index (κ1) is 16.0. The average Bonchev–Trinajstić information content (AvgIpc) is 2.32. The number of sulfonamides is 1. The molecule has 1 aromatic rings. The molecule has 1 aromatic carbocycles. The second-order valence-electron chi connectivity index (χ2n) is 3.93. The van der Waals surface area contributed by atoms with Crippen molar-refractivity contribution in [1.82, 2.24) is 4.72 Å². The van der Waals surface area contributed by atoms with Crippen molar-refractivity contribution in [2.24, 2.45) is 5.73 Å². The van der Waals surface area contributed by atoms with Gasteiger partial charge in [0.1, 0.15) is 0 Å². The minimum atomic E-state index is -3.94. The van der Waals surface area contributed by atoms with E-state index in [1.807, 2.05) is 0 Å². The summed E-state index contributed by atoms with van der Waals surface area (Å²) < 4.78 is 56.9. The fourth-order valence-electron chi connectivity index (χ4n) is 1.51. The van der Waals surface area contributed by atoms with Crippen LogP contribution in [0.25, 0.3) is 0 Å². The molecule has 0 heterocycles. The van der Waals surface area contributed by atoms with E-state index in [0.717, 1.165) is 12.1 Å². The molecule has 108 valence electrons. The fraction of sp³-hybridized carbons (Fsp3) is 0.455. The van der Waals surface area contributed by atoms with Gasteiger partial charge in [-0.1, -0.05) is 0 Å². The maximum absolute atomic E-state index is 13.0. The largest absolute Gasteiger partial charge is 0.383 e. The Labute approximate surface area is 110 Å². The zero-order valence-electron chi connectivity index (χ0n) is 10.4. The monoisotopic (exact) mass is 294 g/mol. The molecule has 0 aliphatic heterocycles. The Balaban J connectivity index is 2.92. The number of rotatable bonds is 7. The molecule has 3 N–H and O–H groups in total. The van der Waals surface area contributed by atoms with Crippen LogP contribution >= 0.6 is 0 Å². The molecule has 0 aromatic heterocycles. The summed E-state index contributed by atoms with van der Waals surface area (Å²) >= 11 is 0. The van der Waals surface area contributed by atoms with E-state index in [2.05, 4.69) is 4.72 Å². The zero-order valence-corrected chi connectivity index (χ0v) is 11.2. The van der Waals surface area contributed by atoms with Crippen molar-refractivity contribution >= 4 is 10.0 Å². The van der Waals surface area contributed by atoms with E-state index in [4.69, 9.17) is 10.5 Å². The van der Waals surface area contributed by atoms with Crippen molar-refractivity contribution in [2.75, 3.05) is 20.3 Å². The van der Waals surface area contributed by atoms with Gasteiger partial charge in [0.25, 0.3) is 0 Å². The molecule has 1 atom stereocenters. The number of nitrogens with two attached hydrogens (primary N) is 1. The highest BCUT2D eigenvalue weighted by Gasteiger charge is 2.21. The minimum absolute atomic E-state index is 0.139. The highest BCUT2D eigenvalue weighted by molar-refractivity contribution is 7.89. The average molecular weight is 294 g/mol. The molecule has 8 heteroatoms. The van der Waals surface area contributed by atoms with Crippen LogP contribution in [-0.2, 0) is 14.8 Å². The summed E-state index contributed by atoms with van der Waals surface area (Å²) in [6.45, 7) is 0.411. The predicted octanol–water partition coefficient (Wildman–Crippen LogP) is 0.607. The van der Waals surface area contributed by atoms with Crippen LogP contribution in [0, 0.1) is 11.6 Å². The number of methoxy groups -OCH3 is 1. The standard InChI is InChI=1S/C11H16F2N2O3S/c1-18-7-8(4-5-14)15-19(16,17)9-2-3-10(12)11(13)6-9/h2-3,6,8,15H,4-5,7,14H2,1H3. The summed E-state index contributed by atoms with van der Waals surface area (Å²) in [7, 11) is -2.51. The van der Waals surface area contributed by atoms with Gasteiger partial charge in [-0.15, -0.1) is 0 Å². The van der Waals surface area contributed by atoms with Gasteiger partial charge in [0, 0.05) is 13.2 Å². The smallest absolute Gasteiger partial charge is 0.241 e. The van der Waals surface area contributed by atoms with Gasteiger partial charge in [0.15, 0.2) is 11.6 Å². The molecule has 0 spiro atoms. The molecular weight excluding hydrogens is 278 g/mol. The lowest BCUT2D eigenvalue weighted by atomic mass is 10.2. The van der Waals surface area contributed by atoms with Gasteiger partial charge >= 0.3 is 0 Å². The normalized spacial score (nSPS) is 13.5. The quantitative estimate of drug-likeness (QED) is 0.772. The molecule has 1 unspecified atom stereocenters. The molecular formula is C11H16F2N2O3S. The van der Waals surface area contributed by atoms with Crippen molar-refractivity contribution in [1.29, 1.82) is 0 Å². The molecule has 0 amide bonds. The first-order valence-corrected chi connectivity index (χ1v) is 7.05. The summed E-state index contributed by atoms with van der Waals surface area (Å²) in [5, 5.41) is 0. The summed E-state index contributed by atoms with van der Waals surface area (Å²) in [6, 6.07) is 1.86. The zero-order chi connectivity index (χ0) is 14.5. The molecule has 0 bridgehead atoms.